The van der Waals surface area contributed by atoms with E-state index in [4.69, 9.17) is 14.2 Å². The predicted octanol–water partition coefficient (Wildman–Crippen LogP) is 35.4. The number of nitrogens with zero attached hydrogens (tertiary/aromatic N) is 2. The van der Waals surface area contributed by atoms with Crippen LogP contribution in [0.4, 0.5) is 35.9 Å². The molecular formula is C108H208F6N2O5. The zero-order valence-corrected chi connectivity index (χ0v) is 86.6. The van der Waals surface area contributed by atoms with Crippen LogP contribution in [0, 0.1) is 153 Å². The van der Waals surface area contributed by atoms with Crippen LogP contribution in [0.3, 0.4) is 0 Å². The van der Waals surface area contributed by atoms with E-state index in [2.05, 4.69) is 159 Å². The van der Waals surface area contributed by atoms with Crippen LogP contribution in [0.5, 0.6) is 0 Å². The molecule has 10 aliphatic carbocycles. The van der Waals surface area contributed by atoms with Crippen LogP contribution in [-0.2, 0) is 14.2 Å². The van der Waals surface area contributed by atoms with Crippen molar-refractivity contribution in [3.63, 3.8) is 0 Å². The molecule has 0 aromatic heterocycles. The standard InChI is InChI=1S/C13H25NO2.C12H23NO2.2C9H18.C8H15F.2C8H16.C7H11F3.C7H12F2.C7H14O.2C7H14.C6H12/c1-10(2)11-6-8-14(9-7-11)12(15)16-13(3,4)5;1-9(2)10-6-7-13(8-10)11(14)15-12(3,4)5;2*1-8(2)9-6-4-3-5-7-9;1-6(2)7-4-5-8(7,3)9;1-7(2)8(3)5-4-6-8;1-7(2)8-5-3-4-6-8;1-5(2)6(3-4-6)7(8,9)10;1-5(2)6-3-7(8,9)4-6;1-6(2)7-3-4-8-5-7;2*1-6(2)7-4-3-5-7;1-5(2)6-3-4-6/h10-11H,6-9H2,1-5H3;9-10H,6-8H2,1-5H3;2*8-9H,3-7H2,1-2H3;6-7H,4-5H2,1-3H3;7H,4-6H2,1-3H3;7-8H,3-6H2,1-2H3;5H,3-4H2,1-2H3;5-6H,3-4H2,1-2H3;6-7H,3-5H2,1-2H3;2*6-7H,3-5H2,1-2H3;5-6H,3-4H2,1-2H3. The number of halogens is 6. The van der Waals surface area contributed by atoms with Crippen molar-refractivity contribution >= 4 is 12.2 Å². The number of carbonyl (C=O) groups is 2. The zero-order chi connectivity index (χ0) is 92.8. The van der Waals surface area contributed by atoms with Crippen LogP contribution in [0.25, 0.3) is 0 Å². The van der Waals surface area contributed by atoms with Crippen LogP contribution in [0.15, 0.2) is 0 Å². The molecule has 7 nitrogen and oxygen atoms in total. The number of amides is 2. The fourth-order valence-electron chi connectivity index (χ4n) is 18.7. The monoisotopic (exact) mass is 1730 g/mol. The average Bonchev–Trinajstić information content (AvgIpc) is 1.62. The quantitative estimate of drug-likeness (QED) is 0.172. The van der Waals surface area contributed by atoms with E-state index in [1.54, 1.807) is 20.8 Å². The first kappa shape index (κ1) is 117. The summed E-state index contributed by atoms with van der Waals surface area (Å²) in [6, 6.07) is 0. The maximum absolute atomic E-state index is 13.1. The number of piperidine rings is 1. The molecule has 0 radical (unpaired) electrons. The van der Waals surface area contributed by atoms with Crippen molar-refractivity contribution < 1.29 is 50.1 Å². The molecule has 4 atom stereocenters. The van der Waals surface area contributed by atoms with Crippen molar-refractivity contribution in [2.24, 2.45) is 153 Å². The van der Waals surface area contributed by atoms with Gasteiger partial charge in [-0.25, -0.2) is 22.8 Å². The second-order valence-corrected chi connectivity index (χ2v) is 47.6. The number of rotatable bonds is 13. The number of hydrogen-bond donors (Lipinski definition) is 0. The maximum atomic E-state index is 13.1. The Morgan fingerprint density at radius 3 is 0.785 bits per heavy atom. The van der Waals surface area contributed by atoms with E-state index < -0.39 is 23.2 Å². The van der Waals surface area contributed by atoms with E-state index in [-0.39, 0.29) is 48.1 Å². The van der Waals surface area contributed by atoms with Crippen molar-refractivity contribution in [1.82, 2.24) is 9.80 Å². The summed E-state index contributed by atoms with van der Waals surface area (Å²) in [7, 11) is 0. The van der Waals surface area contributed by atoms with Gasteiger partial charge in [0.25, 0.3) is 0 Å². The predicted molar refractivity (Wildman–Crippen MR) is 510 cm³/mol. The number of likely N-dealkylation sites (tertiary alicyclic amines) is 2. The van der Waals surface area contributed by atoms with Crippen LogP contribution in [0.2, 0.25) is 0 Å². The number of hydrogen-bond acceptors (Lipinski definition) is 5. The number of alkyl halides is 6. The summed E-state index contributed by atoms with van der Waals surface area (Å²) in [5.74, 6) is 16.4. The highest BCUT2D eigenvalue weighted by atomic mass is 19.4. The third-order valence-electron chi connectivity index (χ3n) is 31.1. The van der Waals surface area contributed by atoms with Gasteiger partial charge in [0.1, 0.15) is 16.9 Å². The Hall–Kier alpha value is -1.92. The molecule has 10 saturated carbocycles. The summed E-state index contributed by atoms with van der Waals surface area (Å²) in [4.78, 5) is 27.2. The Labute approximate surface area is 749 Å². The molecule has 722 valence electrons. The summed E-state index contributed by atoms with van der Waals surface area (Å²) >= 11 is 0. The smallest absolute Gasteiger partial charge is 0.410 e. The van der Waals surface area contributed by atoms with Gasteiger partial charge >= 0.3 is 18.4 Å². The highest BCUT2D eigenvalue weighted by molar-refractivity contribution is 5.68. The molecule has 0 spiro atoms. The lowest BCUT2D eigenvalue weighted by Crippen LogP contribution is -2.42. The molecule has 121 heavy (non-hydrogen) atoms. The Morgan fingerprint density at radius 1 is 0.331 bits per heavy atom. The maximum Gasteiger partial charge on any atom is 0.410 e. The summed E-state index contributed by atoms with van der Waals surface area (Å²) in [5, 5.41) is 0. The van der Waals surface area contributed by atoms with Crippen molar-refractivity contribution in [3.05, 3.63) is 0 Å². The fourth-order valence-corrected chi connectivity index (χ4v) is 18.7. The zero-order valence-electron chi connectivity index (χ0n) is 86.6. The molecule has 13 heteroatoms. The van der Waals surface area contributed by atoms with E-state index in [1.165, 1.54) is 167 Å². The number of carbonyl (C=O) groups excluding carboxylic acids is 2. The third-order valence-corrected chi connectivity index (χ3v) is 31.1. The van der Waals surface area contributed by atoms with E-state index >= 15 is 0 Å². The Bertz CT molecular complexity index is 2510. The van der Waals surface area contributed by atoms with Gasteiger partial charge in [-0.15, -0.1) is 0 Å². The van der Waals surface area contributed by atoms with E-state index in [0.717, 1.165) is 178 Å². The Morgan fingerprint density at radius 2 is 0.636 bits per heavy atom. The van der Waals surface area contributed by atoms with Crippen molar-refractivity contribution in [3.8, 4) is 0 Å². The van der Waals surface area contributed by atoms with Gasteiger partial charge in [-0.05, 0) is 273 Å². The molecule has 2 amide bonds. The molecule has 3 aliphatic heterocycles. The van der Waals surface area contributed by atoms with Gasteiger partial charge in [0.2, 0.25) is 5.92 Å². The van der Waals surface area contributed by atoms with Gasteiger partial charge in [0.15, 0.2) is 0 Å². The molecule has 13 rings (SSSR count). The molecule has 0 bridgehead atoms. The molecule has 0 aromatic carbocycles. The molecule has 0 N–H and O–H groups in total. The average molecular weight is 1730 g/mol. The largest absolute Gasteiger partial charge is 0.444 e. The molecule has 13 aliphatic rings. The molecule has 3 saturated heterocycles. The highest BCUT2D eigenvalue weighted by Gasteiger charge is 2.64. The summed E-state index contributed by atoms with van der Waals surface area (Å²) < 4.78 is 89.8. The van der Waals surface area contributed by atoms with Gasteiger partial charge in [0, 0.05) is 52.2 Å². The summed E-state index contributed by atoms with van der Waals surface area (Å²) in [6.07, 6.45) is 40.3. The van der Waals surface area contributed by atoms with Crippen LogP contribution in [-0.4, -0.2) is 90.3 Å². The molecule has 13 fully saturated rings. The highest BCUT2D eigenvalue weighted by Crippen LogP contribution is 2.62. The van der Waals surface area contributed by atoms with E-state index in [1.807, 2.05) is 65.2 Å². The molecule has 4 unspecified atom stereocenters. The number of ether oxygens (including phenoxy) is 3. The van der Waals surface area contributed by atoms with Gasteiger partial charge < -0.3 is 24.0 Å². The molecule has 3 heterocycles. The first-order valence-corrected chi connectivity index (χ1v) is 51.5. The Kier molecular flexibility index (Phi) is 55.4. The van der Waals surface area contributed by atoms with Crippen LogP contribution >= 0.6 is 0 Å². The molecule has 0 aromatic rings. The lowest BCUT2D eigenvalue weighted by molar-refractivity contribution is -0.199. The van der Waals surface area contributed by atoms with Gasteiger partial charge in [-0.3, -0.25) is 0 Å². The minimum absolute atomic E-state index is 0.116. The summed E-state index contributed by atoms with van der Waals surface area (Å²) in [5.41, 5.74) is -2.19. The van der Waals surface area contributed by atoms with Crippen LogP contribution < -0.4 is 0 Å². The van der Waals surface area contributed by atoms with E-state index in [9.17, 15) is 35.9 Å². The minimum atomic E-state index is -3.97. The van der Waals surface area contributed by atoms with E-state index in [0.29, 0.717) is 42.4 Å². The van der Waals surface area contributed by atoms with Gasteiger partial charge in [0.05, 0.1) is 5.41 Å². The summed E-state index contributed by atoms with van der Waals surface area (Å²) in [6.45, 7) is 78.6. The minimum Gasteiger partial charge on any atom is -0.444 e. The molecular weight excluding hydrogens is 1520 g/mol. The normalized spacial score (nSPS) is 24.7. The van der Waals surface area contributed by atoms with Gasteiger partial charge in [-0.2, -0.15) is 13.2 Å². The van der Waals surface area contributed by atoms with Crippen molar-refractivity contribution in [1.29, 1.82) is 0 Å². The Balaban J connectivity index is 0.000000661. The second-order valence-electron chi connectivity index (χ2n) is 47.6. The van der Waals surface area contributed by atoms with Gasteiger partial charge in [-0.1, -0.05) is 322 Å². The van der Waals surface area contributed by atoms with Crippen LogP contribution in [0.1, 0.15) is 460 Å². The fraction of sp³-hybridized carbons (Fsp3) is 0.981. The van der Waals surface area contributed by atoms with Crippen molar-refractivity contribution in [2.75, 3.05) is 39.4 Å². The lowest BCUT2D eigenvalue weighted by Gasteiger charge is -2.43. The second kappa shape index (κ2) is 57.3. The SMILES string of the molecule is CC(C)C1(C(F)(F)F)CC1.CC(C)C1(C)CCC1.CC(C)C1CC(F)(F)C1.CC(C)C1CC1.CC(C)C1CCC1.CC(C)C1CCC1.CC(C)C1CCC1(C)F.CC(C)C1CCCC1.CC(C)C1CCCCC1.CC(C)C1CCCCC1.CC(C)C1CCN(C(=O)OC(C)(C)C)C1.CC(C)C1CCN(C(=O)OC(C)(C)C)CC1.CC(C)C1CCOC1. The third kappa shape index (κ3) is 49.1. The first-order chi connectivity index (χ1) is 55.8. The van der Waals surface area contributed by atoms with Crippen molar-refractivity contribution in [2.45, 2.75) is 489 Å². The topological polar surface area (TPSA) is 68.3 Å². The lowest BCUT2D eigenvalue weighted by atomic mass is 9.64. The first-order valence-electron chi connectivity index (χ1n) is 51.5.